The maximum absolute atomic E-state index is 13.0. The van der Waals surface area contributed by atoms with E-state index < -0.39 is 22.0 Å². The highest BCUT2D eigenvalue weighted by molar-refractivity contribution is 7.89. The summed E-state index contributed by atoms with van der Waals surface area (Å²) < 4.78 is 33.6. The molecule has 8 heteroatoms. The lowest BCUT2D eigenvalue weighted by atomic mass is 10.1. The molecule has 1 amide bonds. The van der Waals surface area contributed by atoms with Crippen molar-refractivity contribution in [3.05, 3.63) is 88.9 Å². The summed E-state index contributed by atoms with van der Waals surface area (Å²) in [7, 11) is -2.58. The standard InChI is InChI=1S/C23H23ClN2O4S/c1-16-7-6-10-18(13-16)25-23(27)21(14-17-8-4-3-5-9-17)26-31(28,29)19-11-12-22(30-2)20(24)15-19/h3-13,15,21,26H,14H2,1-2H3,(H,25,27)/t21-/m1/s1. The number of methoxy groups -OCH3 is 1. The first-order valence-corrected chi connectivity index (χ1v) is 11.4. The number of hydrogen-bond donors (Lipinski definition) is 2. The van der Waals surface area contributed by atoms with Crippen LogP contribution in [-0.4, -0.2) is 27.5 Å². The number of benzene rings is 3. The molecule has 0 saturated heterocycles. The molecule has 0 aliphatic heterocycles. The smallest absolute Gasteiger partial charge is 0.242 e. The highest BCUT2D eigenvalue weighted by Gasteiger charge is 2.27. The molecule has 6 nitrogen and oxygen atoms in total. The van der Waals surface area contributed by atoms with E-state index in [0.29, 0.717) is 11.4 Å². The molecule has 31 heavy (non-hydrogen) atoms. The van der Waals surface area contributed by atoms with Crippen molar-refractivity contribution >= 4 is 33.2 Å². The third-order valence-electron chi connectivity index (χ3n) is 4.62. The molecular weight excluding hydrogens is 436 g/mol. The lowest BCUT2D eigenvalue weighted by Crippen LogP contribution is -2.45. The minimum Gasteiger partial charge on any atom is -0.495 e. The lowest BCUT2D eigenvalue weighted by molar-refractivity contribution is -0.117. The quantitative estimate of drug-likeness (QED) is 0.530. The summed E-state index contributed by atoms with van der Waals surface area (Å²) in [5, 5.41) is 2.96. The Hall–Kier alpha value is -2.87. The van der Waals surface area contributed by atoms with Crippen LogP contribution in [0.3, 0.4) is 0 Å². The van der Waals surface area contributed by atoms with Crippen molar-refractivity contribution in [3.63, 3.8) is 0 Å². The second-order valence-electron chi connectivity index (χ2n) is 7.02. The van der Waals surface area contributed by atoms with Crippen LogP contribution in [0.1, 0.15) is 11.1 Å². The molecule has 0 heterocycles. The fraction of sp³-hybridized carbons (Fsp3) is 0.174. The highest BCUT2D eigenvalue weighted by Crippen LogP contribution is 2.27. The molecule has 0 bridgehead atoms. The van der Waals surface area contributed by atoms with Gasteiger partial charge in [-0.05, 0) is 54.8 Å². The van der Waals surface area contributed by atoms with Crippen molar-refractivity contribution in [2.24, 2.45) is 0 Å². The topological polar surface area (TPSA) is 84.5 Å². The molecule has 0 saturated carbocycles. The van der Waals surface area contributed by atoms with Gasteiger partial charge in [-0.3, -0.25) is 4.79 Å². The van der Waals surface area contributed by atoms with Gasteiger partial charge in [0.2, 0.25) is 15.9 Å². The summed E-state index contributed by atoms with van der Waals surface area (Å²) in [6.45, 7) is 1.91. The van der Waals surface area contributed by atoms with E-state index in [-0.39, 0.29) is 16.3 Å². The van der Waals surface area contributed by atoms with Gasteiger partial charge in [0.25, 0.3) is 0 Å². The van der Waals surface area contributed by atoms with Crippen molar-refractivity contribution in [2.45, 2.75) is 24.3 Å². The van der Waals surface area contributed by atoms with E-state index in [9.17, 15) is 13.2 Å². The van der Waals surface area contributed by atoms with E-state index in [1.54, 1.807) is 6.07 Å². The number of ether oxygens (including phenoxy) is 1. The number of rotatable bonds is 8. The van der Waals surface area contributed by atoms with Crippen LogP contribution in [0, 0.1) is 6.92 Å². The van der Waals surface area contributed by atoms with Gasteiger partial charge in [0.1, 0.15) is 11.8 Å². The van der Waals surface area contributed by atoms with Gasteiger partial charge in [0, 0.05) is 5.69 Å². The Morgan fingerprint density at radius 1 is 1.03 bits per heavy atom. The summed E-state index contributed by atoms with van der Waals surface area (Å²) in [6, 6.07) is 19.6. The third-order valence-corrected chi connectivity index (χ3v) is 6.38. The number of hydrogen-bond acceptors (Lipinski definition) is 4. The fourth-order valence-corrected chi connectivity index (χ4v) is 4.60. The van der Waals surface area contributed by atoms with E-state index in [0.717, 1.165) is 11.1 Å². The van der Waals surface area contributed by atoms with E-state index >= 15 is 0 Å². The number of halogens is 1. The maximum Gasteiger partial charge on any atom is 0.242 e. The Morgan fingerprint density at radius 2 is 1.77 bits per heavy atom. The molecule has 162 valence electrons. The molecule has 0 fully saturated rings. The number of aryl methyl sites for hydroxylation is 1. The average molecular weight is 459 g/mol. The van der Waals surface area contributed by atoms with Gasteiger partial charge in [0.15, 0.2) is 0 Å². The summed E-state index contributed by atoms with van der Waals surface area (Å²) in [5.74, 6) is -0.101. The van der Waals surface area contributed by atoms with Crippen molar-refractivity contribution in [3.8, 4) is 5.75 Å². The monoisotopic (exact) mass is 458 g/mol. The summed E-state index contributed by atoms with van der Waals surface area (Å²) in [4.78, 5) is 13.0. The highest BCUT2D eigenvalue weighted by atomic mass is 35.5. The molecular formula is C23H23ClN2O4S. The van der Waals surface area contributed by atoms with Gasteiger partial charge in [-0.25, -0.2) is 8.42 Å². The minimum absolute atomic E-state index is 0.0558. The van der Waals surface area contributed by atoms with Crippen LogP contribution in [0.4, 0.5) is 5.69 Å². The van der Waals surface area contributed by atoms with Crippen LogP contribution in [-0.2, 0) is 21.2 Å². The van der Waals surface area contributed by atoms with E-state index in [2.05, 4.69) is 10.0 Å². The molecule has 0 aromatic heterocycles. The summed E-state index contributed by atoms with van der Waals surface area (Å²) in [6.07, 6.45) is 0.182. The van der Waals surface area contributed by atoms with Gasteiger partial charge < -0.3 is 10.1 Å². The van der Waals surface area contributed by atoms with Crippen molar-refractivity contribution in [1.82, 2.24) is 4.72 Å². The predicted octanol–water partition coefficient (Wildman–Crippen LogP) is 4.19. The Bertz CT molecular complexity index is 1170. The summed E-state index contributed by atoms with van der Waals surface area (Å²) >= 11 is 6.09. The average Bonchev–Trinajstić information content (AvgIpc) is 2.74. The molecule has 3 rings (SSSR count). The van der Waals surface area contributed by atoms with Crippen molar-refractivity contribution in [2.75, 3.05) is 12.4 Å². The Balaban J connectivity index is 1.88. The van der Waals surface area contributed by atoms with Gasteiger partial charge in [-0.2, -0.15) is 4.72 Å². The fourth-order valence-electron chi connectivity index (χ4n) is 3.06. The second-order valence-corrected chi connectivity index (χ2v) is 9.14. The zero-order chi connectivity index (χ0) is 22.4. The van der Waals surface area contributed by atoms with Crippen molar-refractivity contribution in [1.29, 1.82) is 0 Å². The van der Waals surface area contributed by atoms with Crippen LogP contribution in [0.5, 0.6) is 5.75 Å². The number of amides is 1. The first-order chi connectivity index (χ1) is 14.8. The molecule has 0 aliphatic rings. The van der Waals surface area contributed by atoms with Gasteiger partial charge in [0.05, 0.1) is 17.0 Å². The Kier molecular flexibility index (Phi) is 7.33. The third kappa shape index (κ3) is 6.07. The van der Waals surface area contributed by atoms with E-state index in [1.807, 2.05) is 55.5 Å². The molecule has 3 aromatic rings. The minimum atomic E-state index is -4.02. The second kappa shape index (κ2) is 9.96. The van der Waals surface area contributed by atoms with Crippen LogP contribution in [0.25, 0.3) is 0 Å². The van der Waals surface area contributed by atoms with Gasteiger partial charge in [-0.1, -0.05) is 54.1 Å². The van der Waals surface area contributed by atoms with Crippen LogP contribution < -0.4 is 14.8 Å². The van der Waals surface area contributed by atoms with Gasteiger partial charge >= 0.3 is 0 Å². The van der Waals surface area contributed by atoms with E-state index in [4.69, 9.17) is 16.3 Å². The maximum atomic E-state index is 13.0. The number of nitrogens with one attached hydrogen (secondary N) is 2. The van der Waals surface area contributed by atoms with Crippen LogP contribution in [0.15, 0.2) is 77.7 Å². The predicted molar refractivity (Wildman–Crippen MR) is 122 cm³/mol. The van der Waals surface area contributed by atoms with Gasteiger partial charge in [-0.15, -0.1) is 0 Å². The molecule has 0 aliphatic carbocycles. The Morgan fingerprint density at radius 3 is 2.42 bits per heavy atom. The number of sulfonamides is 1. The molecule has 0 radical (unpaired) electrons. The van der Waals surface area contributed by atoms with E-state index in [1.165, 1.54) is 25.3 Å². The normalized spacial score (nSPS) is 12.2. The Labute approximate surface area is 187 Å². The summed E-state index contributed by atoms with van der Waals surface area (Å²) in [5.41, 5.74) is 2.39. The SMILES string of the molecule is COc1ccc(S(=O)(=O)N[C@H](Cc2ccccc2)C(=O)Nc2cccc(C)c2)cc1Cl. The number of carbonyl (C=O) groups excluding carboxylic acids is 1. The zero-order valence-electron chi connectivity index (χ0n) is 17.1. The molecule has 1 atom stereocenters. The zero-order valence-corrected chi connectivity index (χ0v) is 18.7. The first kappa shape index (κ1) is 22.8. The first-order valence-electron chi connectivity index (χ1n) is 9.56. The van der Waals surface area contributed by atoms with Crippen molar-refractivity contribution < 1.29 is 17.9 Å². The molecule has 2 N–H and O–H groups in total. The molecule has 3 aromatic carbocycles. The molecule has 0 unspecified atom stereocenters. The van der Waals surface area contributed by atoms with Crippen LogP contribution >= 0.6 is 11.6 Å². The largest absolute Gasteiger partial charge is 0.495 e. The molecule has 0 spiro atoms. The number of carbonyl (C=O) groups is 1. The lowest BCUT2D eigenvalue weighted by Gasteiger charge is -2.19. The number of anilines is 1. The van der Waals surface area contributed by atoms with Crippen LogP contribution in [0.2, 0.25) is 5.02 Å².